The Morgan fingerprint density at radius 1 is 0.962 bits per heavy atom. The van der Waals surface area contributed by atoms with Gasteiger partial charge in [0, 0.05) is 19.1 Å². The zero-order valence-electron chi connectivity index (χ0n) is 15.4. The minimum Gasteiger partial charge on any atom is -0.390 e. The molecule has 2 rings (SSSR count). The molecule has 6 heteroatoms. The van der Waals surface area contributed by atoms with Gasteiger partial charge in [-0.2, -0.15) is 4.31 Å². The predicted molar refractivity (Wildman–Crippen MR) is 105 cm³/mol. The Balaban J connectivity index is 2.23. The minimum absolute atomic E-state index is 0.250. The molecule has 0 radical (unpaired) electrons. The number of aliphatic hydroxyl groups excluding tert-OH is 1. The molecule has 0 saturated heterocycles. The van der Waals surface area contributed by atoms with E-state index in [0.29, 0.717) is 6.42 Å². The standard InChI is InChI=1S/C20H28N2O3S/c1-3-19(21-2)20(23)16-26(24,25)22(14-17-10-6-4-7-11-17)15-18-12-8-5-9-13-18/h4-13,19-21,23H,3,14-16H2,1-2H3/t19-,20+/m0/s1. The fourth-order valence-corrected chi connectivity index (χ4v) is 4.50. The van der Waals surface area contributed by atoms with E-state index in [4.69, 9.17) is 0 Å². The molecule has 2 atom stereocenters. The lowest BCUT2D eigenvalue weighted by molar-refractivity contribution is 0.147. The van der Waals surface area contributed by atoms with E-state index in [9.17, 15) is 13.5 Å². The first-order chi connectivity index (χ1) is 12.5. The molecule has 0 spiro atoms. The molecule has 0 bridgehead atoms. The topological polar surface area (TPSA) is 69.6 Å². The first-order valence-corrected chi connectivity index (χ1v) is 10.5. The van der Waals surface area contributed by atoms with Crippen LogP contribution in [0.15, 0.2) is 60.7 Å². The Bertz CT molecular complexity index is 706. The molecule has 0 saturated carbocycles. The van der Waals surface area contributed by atoms with E-state index < -0.39 is 16.1 Å². The molecule has 5 nitrogen and oxygen atoms in total. The Morgan fingerprint density at radius 2 is 1.42 bits per heavy atom. The number of likely N-dealkylation sites (N-methyl/N-ethyl adjacent to an activating group) is 1. The van der Waals surface area contributed by atoms with Gasteiger partial charge >= 0.3 is 0 Å². The highest BCUT2D eigenvalue weighted by Gasteiger charge is 2.28. The smallest absolute Gasteiger partial charge is 0.217 e. The largest absolute Gasteiger partial charge is 0.390 e. The third-order valence-corrected chi connectivity index (χ3v) is 6.26. The molecule has 0 aromatic heterocycles. The number of aliphatic hydroxyl groups is 1. The molecule has 0 aliphatic rings. The van der Waals surface area contributed by atoms with Gasteiger partial charge in [0.05, 0.1) is 11.9 Å². The molecule has 2 aromatic carbocycles. The summed E-state index contributed by atoms with van der Waals surface area (Å²) in [6, 6.07) is 18.8. The van der Waals surface area contributed by atoms with Crippen molar-refractivity contribution >= 4 is 10.0 Å². The highest BCUT2D eigenvalue weighted by atomic mass is 32.2. The van der Waals surface area contributed by atoms with E-state index in [2.05, 4.69) is 5.32 Å². The number of nitrogens with one attached hydrogen (secondary N) is 1. The molecule has 142 valence electrons. The number of sulfonamides is 1. The Kier molecular flexibility index (Phi) is 7.78. The summed E-state index contributed by atoms with van der Waals surface area (Å²) in [6.45, 7) is 2.48. The lowest BCUT2D eigenvalue weighted by Crippen LogP contribution is -2.44. The molecule has 0 aliphatic carbocycles. The highest BCUT2D eigenvalue weighted by molar-refractivity contribution is 7.89. The number of hydrogen-bond donors (Lipinski definition) is 2. The van der Waals surface area contributed by atoms with Crippen molar-refractivity contribution in [1.82, 2.24) is 9.62 Å². The molecule has 0 amide bonds. The van der Waals surface area contributed by atoms with Crippen LogP contribution in [0.5, 0.6) is 0 Å². The predicted octanol–water partition coefficient (Wildman–Crippen LogP) is 2.38. The Hall–Kier alpha value is -1.73. The van der Waals surface area contributed by atoms with Crippen LogP contribution in [0.2, 0.25) is 0 Å². The van der Waals surface area contributed by atoms with Gasteiger partial charge in [0.1, 0.15) is 0 Å². The second-order valence-electron chi connectivity index (χ2n) is 6.39. The molecule has 0 aliphatic heterocycles. The van der Waals surface area contributed by atoms with E-state index in [0.717, 1.165) is 11.1 Å². The lowest BCUT2D eigenvalue weighted by atomic mass is 10.1. The van der Waals surface area contributed by atoms with Gasteiger partial charge in [-0.05, 0) is 24.6 Å². The van der Waals surface area contributed by atoms with Crippen molar-refractivity contribution in [2.75, 3.05) is 12.8 Å². The van der Waals surface area contributed by atoms with Crippen LogP contribution in [0.1, 0.15) is 24.5 Å². The van der Waals surface area contributed by atoms with E-state index in [1.807, 2.05) is 67.6 Å². The van der Waals surface area contributed by atoms with Crippen LogP contribution in [0.4, 0.5) is 0 Å². The van der Waals surface area contributed by atoms with Gasteiger partial charge in [-0.25, -0.2) is 8.42 Å². The number of benzene rings is 2. The van der Waals surface area contributed by atoms with Crippen molar-refractivity contribution in [1.29, 1.82) is 0 Å². The third-order valence-electron chi connectivity index (χ3n) is 4.45. The van der Waals surface area contributed by atoms with Gasteiger partial charge in [-0.1, -0.05) is 67.6 Å². The molecule has 26 heavy (non-hydrogen) atoms. The summed E-state index contributed by atoms with van der Waals surface area (Å²) in [5.41, 5.74) is 1.84. The van der Waals surface area contributed by atoms with Gasteiger partial charge < -0.3 is 10.4 Å². The highest BCUT2D eigenvalue weighted by Crippen LogP contribution is 2.16. The second-order valence-corrected chi connectivity index (χ2v) is 8.40. The molecular weight excluding hydrogens is 348 g/mol. The van der Waals surface area contributed by atoms with Gasteiger partial charge in [-0.15, -0.1) is 0 Å². The van der Waals surface area contributed by atoms with Crippen molar-refractivity contribution in [3.63, 3.8) is 0 Å². The van der Waals surface area contributed by atoms with Crippen LogP contribution in [-0.4, -0.2) is 42.8 Å². The maximum absolute atomic E-state index is 13.0. The number of nitrogens with zero attached hydrogens (tertiary/aromatic N) is 1. The summed E-state index contributed by atoms with van der Waals surface area (Å²) < 4.78 is 27.5. The van der Waals surface area contributed by atoms with E-state index in [1.54, 1.807) is 7.05 Å². The van der Waals surface area contributed by atoms with Crippen LogP contribution in [0, 0.1) is 0 Å². The van der Waals surface area contributed by atoms with Gasteiger partial charge in [-0.3, -0.25) is 0 Å². The van der Waals surface area contributed by atoms with Crippen LogP contribution in [0.25, 0.3) is 0 Å². The third kappa shape index (κ3) is 5.92. The molecule has 2 N–H and O–H groups in total. The fraction of sp³-hybridized carbons (Fsp3) is 0.400. The first-order valence-electron chi connectivity index (χ1n) is 8.87. The van der Waals surface area contributed by atoms with Crippen LogP contribution in [-0.2, 0) is 23.1 Å². The first kappa shape index (κ1) is 20.6. The van der Waals surface area contributed by atoms with Gasteiger partial charge in [0.2, 0.25) is 10.0 Å². The van der Waals surface area contributed by atoms with Crippen molar-refractivity contribution in [3.05, 3.63) is 71.8 Å². The molecule has 0 unspecified atom stereocenters. The summed E-state index contributed by atoms with van der Waals surface area (Å²) >= 11 is 0. The molecule has 0 fully saturated rings. The SMILES string of the molecule is CC[C@H](NC)[C@H](O)CS(=O)(=O)N(Cc1ccccc1)Cc1ccccc1. The van der Waals surface area contributed by atoms with E-state index in [1.165, 1.54) is 4.31 Å². The maximum Gasteiger partial charge on any atom is 0.217 e. The fourth-order valence-electron chi connectivity index (χ4n) is 2.93. The quantitative estimate of drug-likeness (QED) is 0.668. The monoisotopic (exact) mass is 376 g/mol. The maximum atomic E-state index is 13.0. The summed E-state index contributed by atoms with van der Waals surface area (Å²) in [6.07, 6.45) is -0.297. The minimum atomic E-state index is -3.64. The summed E-state index contributed by atoms with van der Waals surface area (Å²) in [7, 11) is -1.91. The molecular formula is C20H28N2O3S. The van der Waals surface area contributed by atoms with E-state index >= 15 is 0 Å². The Morgan fingerprint density at radius 3 is 1.81 bits per heavy atom. The Labute approximate surface area is 156 Å². The average Bonchev–Trinajstić information content (AvgIpc) is 2.63. The van der Waals surface area contributed by atoms with Crippen molar-refractivity contribution in [2.24, 2.45) is 0 Å². The average molecular weight is 377 g/mol. The van der Waals surface area contributed by atoms with Crippen LogP contribution >= 0.6 is 0 Å². The number of rotatable bonds is 10. The lowest BCUT2D eigenvalue weighted by Gasteiger charge is -2.26. The van der Waals surface area contributed by atoms with E-state index in [-0.39, 0.29) is 24.9 Å². The number of hydrogen-bond acceptors (Lipinski definition) is 4. The van der Waals surface area contributed by atoms with Crippen molar-refractivity contribution in [3.8, 4) is 0 Å². The molecule has 0 heterocycles. The zero-order valence-corrected chi connectivity index (χ0v) is 16.2. The second kappa shape index (κ2) is 9.83. The summed E-state index contributed by atoms with van der Waals surface area (Å²) in [4.78, 5) is 0. The van der Waals surface area contributed by atoms with Crippen LogP contribution in [0.3, 0.4) is 0 Å². The normalized spacial score (nSPS) is 14.3. The zero-order chi connectivity index (χ0) is 19.0. The summed E-state index contributed by atoms with van der Waals surface area (Å²) in [5, 5.41) is 13.3. The summed E-state index contributed by atoms with van der Waals surface area (Å²) in [5.74, 6) is -0.300. The van der Waals surface area contributed by atoms with Gasteiger partial charge in [0.25, 0.3) is 0 Å². The van der Waals surface area contributed by atoms with Gasteiger partial charge in [0.15, 0.2) is 0 Å². The molecule has 2 aromatic rings. The van der Waals surface area contributed by atoms with Crippen LogP contribution < -0.4 is 5.32 Å². The van der Waals surface area contributed by atoms with Crippen molar-refractivity contribution < 1.29 is 13.5 Å². The van der Waals surface area contributed by atoms with Crippen molar-refractivity contribution in [2.45, 2.75) is 38.6 Å².